The molecular formula is C26H26N8O2. The second-order valence-electron chi connectivity index (χ2n) is 9.32. The van der Waals surface area contributed by atoms with Crippen molar-refractivity contribution in [2.75, 3.05) is 29.9 Å². The number of anilines is 3. The van der Waals surface area contributed by atoms with Crippen molar-refractivity contribution in [1.82, 2.24) is 29.8 Å². The summed E-state index contributed by atoms with van der Waals surface area (Å²) in [6.45, 7) is 6.73. The van der Waals surface area contributed by atoms with Gasteiger partial charge in [-0.05, 0) is 55.8 Å². The average molecular weight is 483 g/mol. The number of fused-ring (bicyclic) bond motifs is 2. The summed E-state index contributed by atoms with van der Waals surface area (Å²) in [4.78, 5) is 37.6. The van der Waals surface area contributed by atoms with Crippen molar-refractivity contribution < 1.29 is 9.59 Å². The monoisotopic (exact) mass is 482 g/mol. The molecule has 10 heteroatoms. The minimum Gasteiger partial charge on any atom is -0.348 e. The summed E-state index contributed by atoms with van der Waals surface area (Å²) in [5.41, 5.74) is 5.65. The molecule has 6 rings (SSSR count). The standard InChI is InChI=1S/C26H26N8O2/c1-16(2)32-9-10-33(23(35)14-32)20-6-4-19(5-7-20)31-24-25-29-15-30-34(25)22(13-27-24)17-3-8-21-18(11-17)12-28-26(21)36/h3-8,11,13,15-16H,9-10,12,14H2,1-2H3,(H,27,31)(H,28,36). The Hall–Kier alpha value is -4.31. The maximum absolute atomic E-state index is 12.7. The van der Waals surface area contributed by atoms with E-state index in [2.05, 4.69) is 44.4 Å². The molecule has 0 bridgehead atoms. The molecule has 0 saturated carbocycles. The summed E-state index contributed by atoms with van der Waals surface area (Å²) >= 11 is 0. The minimum atomic E-state index is -0.0478. The van der Waals surface area contributed by atoms with E-state index in [0.717, 1.165) is 34.7 Å². The molecule has 2 aromatic heterocycles. The van der Waals surface area contributed by atoms with Crippen molar-refractivity contribution in [3.63, 3.8) is 0 Å². The molecule has 1 saturated heterocycles. The highest BCUT2D eigenvalue weighted by molar-refractivity contribution is 5.99. The van der Waals surface area contributed by atoms with E-state index in [4.69, 9.17) is 0 Å². The maximum Gasteiger partial charge on any atom is 0.251 e. The molecular weight excluding hydrogens is 456 g/mol. The van der Waals surface area contributed by atoms with Gasteiger partial charge in [0.1, 0.15) is 6.33 Å². The predicted octanol–water partition coefficient (Wildman–Crippen LogP) is 2.84. The van der Waals surface area contributed by atoms with Crippen LogP contribution in [0.25, 0.3) is 16.9 Å². The zero-order valence-electron chi connectivity index (χ0n) is 20.1. The number of aromatic nitrogens is 4. The van der Waals surface area contributed by atoms with Gasteiger partial charge >= 0.3 is 0 Å². The van der Waals surface area contributed by atoms with Crippen molar-refractivity contribution in [2.24, 2.45) is 0 Å². The number of nitrogens with zero attached hydrogens (tertiary/aromatic N) is 6. The smallest absolute Gasteiger partial charge is 0.251 e. The number of carbonyl (C=O) groups is 2. The Morgan fingerprint density at radius 2 is 1.86 bits per heavy atom. The third-order valence-electron chi connectivity index (χ3n) is 6.81. The fraction of sp³-hybridized carbons (Fsp3) is 0.269. The number of hydrogen-bond acceptors (Lipinski definition) is 7. The number of rotatable bonds is 5. The van der Waals surface area contributed by atoms with Gasteiger partial charge in [-0.1, -0.05) is 6.07 Å². The van der Waals surface area contributed by atoms with E-state index in [0.29, 0.717) is 42.7 Å². The molecule has 2 aliphatic rings. The first kappa shape index (κ1) is 22.2. The second-order valence-corrected chi connectivity index (χ2v) is 9.32. The molecule has 0 atom stereocenters. The van der Waals surface area contributed by atoms with Crippen LogP contribution in [0.2, 0.25) is 0 Å². The van der Waals surface area contributed by atoms with Crippen molar-refractivity contribution in [1.29, 1.82) is 0 Å². The quantitative estimate of drug-likeness (QED) is 0.450. The van der Waals surface area contributed by atoms with E-state index in [1.165, 1.54) is 6.33 Å². The molecule has 0 radical (unpaired) electrons. The molecule has 36 heavy (non-hydrogen) atoms. The highest BCUT2D eigenvalue weighted by Crippen LogP contribution is 2.28. The van der Waals surface area contributed by atoms with Crippen LogP contribution in [0.3, 0.4) is 0 Å². The highest BCUT2D eigenvalue weighted by Gasteiger charge is 2.26. The van der Waals surface area contributed by atoms with Crippen LogP contribution in [0.4, 0.5) is 17.2 Å². The summed E-state index contributed by atoms with van der Waals surface area (Å²) < 4.78 is 1.74. The molecule has 182 valence electrons. The summed E-state index contributed by atoms with van der Waals surface area (Å²) in [5.74, 6) is 0.641. The molecule has 4 heterocycles. The van der Waals surface area contributed by atoms with E-state index in [9.17, 15) is 9.59 Å². The SMILES string of the molecule is CC(C)N1CCN(c2ccc(Nc3ncc(-c4ccc5c(c4)CNC5=O)n4ncnc34)cc2)C(=O)C1. The third kappa shape index (κ3) is 3.85. The molecule has 2 N–H and O–H groups in total. The first-order valence-corrected chi connectivity index (χ1v) is 12.0. The molecule has 10 nitrogen and oxygen atoms in total. The fourth-order valence-corrected chi connectivity index (χ4v) is 4.76. The number of amides is 2. The minimum absolute atomic E-state index is 0.0478. The van der Waals surface area contributed by atoms with Crippen LogP contribution in [-0.4, -0.2) is 62.0 Å². The van der Waals surface area contributed by atoms with Gasteiger partial charge in [0.15, 0.2) is 11.5 Å². The average Bonchev–Trinajstić information content (AvgIpc) is 3.52. The van der Waals surface area contributed by atoms with E-state index >= 15 is 0 Å². The zero-order valence-corrected chi connectivity index (χ0v) is 20.1. The Bertz CT molecular complexity index is 1480. The largest absolute Gasteiger partial charge is 0.348 e. The number of benzene rings is 2. The first-order valence-electron chi connectivity index (χ1n) is 12.0. The summed E-state index contributed by atoms with van der Waals surface area (Å²) in [6.07, 6.45) is 3.24. The van der Waals surface area contributed by atoms with E-state index < -0.39 is 0 Å². The Balaban J connectivity index is 1.23. The van der Waals surface area contributed by atoms with Crippen molar-refractivity contribution >= 4 is 34.7 Å². The van der Waals surface area contributed by atoms with E-state index in [1.54, 1.807) is 10.7 Å². The second kappa shape index (κ2) is 8.72. The van der Waals surface area contributed by atoms with Gasteiger partial charge in [-0.15, -0.1) is 0 Å². The van der Waals surface area contributed by atoms with E-state index in [1.807, 2.05) is 47.4 Å². The number of hydrogen-bond donors (Lipinski definition) is 2. The Labute approximate surface area is 208 Å². The van der Waals surface area contributed by atoms with Crippen LogP contribution in [0.5, 0.6) is 0 Å². The maximum atomic E-state index is 12.7. The molecule has 0 spiro atoms. The molecule has 2 aliphatic heterocycles. The predicted molar refractivity (Wildman–Crippen MR) is 136 cm³/mol. The molecule has 2 aromatic carbocycles. The van der Waals surface area contributed by atoms with E-state index in [-0.39, 0.29) is 11.8 Å². The lowest BCUT2D eigenvalue weighted by Crippen LogP contribution is -2.52. The Kier molecular flexibility index (Phi) is 5.37. The first-order chi connectivity index (χ1) is 17.5. The van der Waals surface area contributed by atoms with Gasteiger partial charge in [0, 0.05) is 48.2 Å². The summed E-state index contributed by atoms with van der Waals surface area (Å²) in [6, 6.07) is 13.8. The molecule has 0 unspecified atom stereocenters. The molecule has 0 aliphatic carbocycles. The number of nitrogens with one attached hydrogen (secondary N) is 2. The normalized spacial score (nSPS) is 16.0. The van der Waals surface area contributed by atoms with Gasteiger partial charge in [-0.2, -0.15) is 5.10 Å². The number of carbonyl (C=O) groups excluding carboxylic acids is 2. The van der Waals surface area contributed by atoms with Crippen molar-refractivity contribution in [3.8, 4) is 11.3 Å². The van der Waals surface area contributed by atoms with Crippen LogP contribution in [0, 0.1) is 0 Å². The van der Waals surface area contributed by atoms with Crippen molar-refractivity contribution in [3.05, 3.63) is 66.1 Å². The Morgan fingerprint density at radius 3 is 2.64 bits per heavy atom. The van der Waals surface area contributed by atoms with Gasteiger partial charge < -0.3 is 15.5 Å². The molecule has 2 amide bonds. The van der Waals surface area contributed by atoms with Gasteiger partial charge in [0.05, 0.1) is 18.4 Å². The lowest BCUT2D eigenvalue weighted by Gasteiger charge is -2.36. The van der Waals surface area contributed by atoms with Crippen LogP contribution < -0.4 is 15.5 Å². The van der Waals surface area contributed by atoms with Crippen LogP contribution >= 0.6 is 0 Å². The van der Waals surface area contributed by atoms with Gasteiger partial charge in [-0.25, -0.2) is 14.5 Å². The molecule has 4 aromatic rings. The van der Waals surface area contributed by atoms with Gasteiger partial charge in [0.2, 0.25) is 5.91 Å². The zero-order chi connectivity index (χ0) is 24.8. The summed E-state index contributed by atoms with van der Waals surface area (Å²) in [7, 11) is 0. The van der Waals surface area contributed by atoms with Crippen molar-refractivity contribution in [2.45, 2.75) is 26.4 Å². The highest BCUT2D eigenvalue weighted by atomic mass is 16.2. The van der Waals surface area contributed by atoms with Crippen LogP contribution in [0.1, 0.15) is 29.8 Å². The van der Waals surface area contributed by atoms with Gasteiger partial charge in [0.25, 0.3) is 5.91 Å². The number of piperazine rings is 1. The third-order valence-corrected chi connectivity index (χ3v) is 6.81. The van der Waals surface area contributed by atoms with Gasteiger partial charge in [-0.3, -0.25) is 14.5 Å². The van der Waals surface area contributed by atoms with Crippen LogP contribution in [0.15, 0.2) is 55.0 Å². The molecule has 1 fully saturated rings. The topological polar surface area (TPSA) is 108 Å². The van der Waals surface area contributed by atoms with Crippen LogP contribution in [-0.2, 0) is 11.3 Å². The Morgan fingerprint density at radius 1 is 1.03 bits per heavy atom. The lowest BCUT2D eigenvalue weighted by molar-refractivity contribution is -0.121. The summed E-state index contributed by atoms with van der Waals surface area (Å²) in [5, 5.41) is 10.6. The fourth-order valence-electron chi connectivity index (χ4n) is 4.76. The lowest BCUT2D eigenvalue weighted by atomic mass is 10.0.